The summed E-state index contributed by atoms with van der Waals surface area (Å²) in [5.41, 5.74) is 6.70. The van der Waals surface area contributed by atoms with Crippen molar-refractivity contribution in [1.29, 1.82) is 0 Å². The van der Waals surface area contributed by atoms with Gasteiger partial charge in [0.15, 0.2) is 0 Å². The first-order valence-electron chi connectivity index (χ1n) is 10.8. The third-order valence-corrected chi connectivity index (χ3v) is 7.20. The number of nitrogens with one attached hydrogen (secondary N) is 2. The molecule has 0 unspecified atom stereocenters. The summed E-state index contributed by atoms with van der Waals surface area (Å²) in [5.74, 6) is -3.77. The smallest absolute Gasteiger partial charge is 0.250 e. The number of anilines is 1. The molecule has 4 atom stereocenters. The zero-order valence-corrected chi connectivity index (χ0v) is 18.7. The molecule has 0 saturated carbocycles. The molecule has 0 aromatic heterocycles. The van der Waals surface area contributed by atoms with Gasteiger partial charge in [-0.05, 0) is 30.5 Å². The summed E-state index contributed by atoms with van der Waals surface area (Å²) in [7, 11) is 0. The maximum absolute atomic E-state index is 13.7. The molecule has 4 N–H and O–H groups in total. The molecule has 5 rings (SSSR count). The summed E-state index contributed by atoms with van der Waals surface area (Å²) >= 11 is 6.40. The van der Waals surface area contributed by atoms with Gasteiger partial charge in [0.05, 0.1) is 22.5 Å². The second-order valence-electron chi connectivity index (χ2n) is 8.92. The van der Waals surface area contributed by atoms with Crippen molar-refractivity contribution in [2.24, 2.45) is 17.6 Å². The Hall–Kier alpha value is -3.23. The third kappa shape index (κ3) is 3.16. The lowest BCUT2D eigenvalue weighted by atomic mass is 9.76. The van der Waals surface area contributed by atoms with Crippen LogP contribution in [0.4, 0.5) is 5.69 Å². The molecular weight excluding hydrogens is 444 g/mol. The standard InChI is InChI=1S/C24H23ClN4O4/c1-12-9-14-20(15(25)10-12)27-23(33)24(14)19-18(16(28-24)11-17(26)30)21(31)29(22(19)32)8-7-13-5-3-2-4-6-13/h2-6,9-10,16,18-19,28H,7-8,11H2,1H3,(H2,26,30)(H,27,33)/t16-,18-,19-,24-/m1/s1. The molecule has 33 heavy (non-hydrogen) atoms. The third-order valence-electron chi connectivity index (χ3n) is 6.90. The van der Waals surface area contributed by atoms with E-state index >= 15 is 0 Å². The van der Waals surface area contributed by atoms with Crippen molar-refractivity contribution in [3.05, 3.63) is 64.2 Å². The van der Waals surface area contributed by atoms with E-state index in [9.17, 15) is 19.2 Å². The molecule has 0 aliphatic carbocycles. The van der Waals surface area contributed by atoms with E-state index in [0.29, 0.717) is 22.7 Å². The molecule has 3 aliphatic heterocycles. The van der Waals surface area contributed by atoms with Crippen molar-refractivity contribution >= 4 is 40.9 Å². The average Bonchev–Trinajstić information content (AvgIpc) is 3.33. The number of likely N-dealkylation sites (tertiary alicyclic amines) is 1. The van der Waals surface area contributed by atoms with Crippen molar-refractivity contribution in [2.45, 2.75) is 31.3 Å². The van der Waals surface area contributed by atoms with Gasteiger partial charge in [-0.25, -0.2) is 0 Å². The second-order valence-corrected chi connectivity index (χ2v) is 9.33. The van der Waals surface area contributed by atoms with E-state index in [-0.39, 0.29) is 13.0 Å². The van der Waals surface area contributed by atoms with E-state index in [0.717, 1.165) is 11.1 Å². The molecule has 0 radical (unpaired) electrons. The predicted octanol–water partition coefficient (Wildman–Crippen LogP) is 1.49. The Morgan fingerprint density at radius 2 is 1.88 bits per heavy atom. The number of fused-ring (bicyclic) bond motifs is 4. The van der Waals surface area contributed by atoms with E-state index < -0.39 is 47.0 Å². The van der Waals surface area contributed by atoms with Crippen LogP contribution in [-0.4, -0.2) is 41.1 Å². The molecule has 170 valence electrons. The number of rotatable bonds is 5. The van der Waals surface area contributed by atoms with Gasteiger partial charge in [-0.3, -0.25) is 29.4 Å². The molecule has 8 nitrogen and oxygen atoms in total. The largest absolute Gasteiger partial charge is 0.370 e. The summed E-state index contributed by atoms with van der Waals surface area (Å²) < 4.78 is 0. The summed E-state index contributed by atoms with van der Waals surface area (Å²) in [6, 6.07) is 12.3. The van der Waals surface area contributed by atoms with E-state index in [1.54, 1.807) is 12.1 Å². The van der Waals surface area contributed by atoms with Gasteiger partial charge < -0.3 is 11.1 Å². The first-order valence-corrected chi connectivity index (χ1v) is 11.2. The molecule has 1 spiro atoms. The van der Waals surface area contributed by atoms with Crippen LogP contribution < -0.4 is 16.4 Å². The van der Waals surface area contributed by atoms with Crippen LogP contribution in [-0.2, 0) is 31.1 Å². The maximum atomic E-state index is 13.7. The molecule has 2 fully saturated rings. The van der Waals surface area contributed by atoms with Crippen LogP contribution >= 0.6 is 11.6 Å². The Balaban J connectivity index is 1.57. The van der Waals surface area contributed by atoms with Crippen LogP contribution in [0.5, 0.6) is 0 Å². The molecule has 2 aromatic carbocycles. The van der Waals surface area contributed by atoms with Gasteiger partial charge in [-0.15, -0.1) is 0 Å². The highest BCUT2D eigenvalue weighted by Crippen LogP contribution is 2.54. The number of carbonyl (C=O) groups is 4. The number of nitrogens with two attached hydrogens (primary N) is 1. The second kappa shape index (κ2) is 7.67. The zero-order valence-electron chi connectivity index (χ0n) is 17.9. The minimum absolute atomic E-state index is 0.170. The highest BCUT2D eigenvalue weighted by Gasteiger charge is 2.70. The van der Waals surface area contributed by atoms with Crippen LogP contribution in [0.15, 0.2) is 42.5 Å². The van der Waals surface area contributed by atoms with Crippen LogP contribution in [0, 0.1) is 18.8 Å². The highest BCUT2D eigenvalue weighted by atomic mass is 35.5. The van der Waals surface area contributed by atoms with E-state index in [1.807, 2.05) is 37.3 Å². The monoisotopic (exact) mass is 466 g/mol. The molecule has 2 saturated heterocycles. The molecule has 3 heterocycles. The van der Waals surface area contributed by atoms with Crippen molar-refractivity contribution in [2.75, 3.05) is 11.9 Å². The van der Waals surface area contributed by atoms with E-state index in [1.165, 1.54) is 4.90 Å². The highest BCUT2D eigenvalue weighted by molar-refractivity contribution is 6.35. The molecule has 4 amide bonds. The minimum atomic E-state index is -1.50. The van der Waals surface area contributed by atoms with Gasteiger partial charge in [0.1, 0.15) is 5.54 Å². The number of amides is 4. The Labute approximate surface area is 195 Å². The number of hydrogen-bond donors (Lipinski definition) is 3. The molecule has 9 heteroatoms. The van der Waals surface area contributed by atoms with Crippen molar-refractivity contribution in [1.82, 2.24) is 10.2 Å². The lowest BCUT2D eigenvalue weighted by molar-refractivity contribution is -0.142. The summed E-state index contributed by atoms with van der Waals surface area (Å²) in [5, 5.41) is 6.32. The van der Waals surface area contributed by atoms with Gasteiger partial charge in [0.2, 0.25) is 23.6 Å². The number of nitrogens with zero attached hydrogens (tertiary/aromatic N) is 1. The number of halogens is 1. The van der Waals surface area contributed by atoms with Crippen molar-refractivity contribution in [3.8, 4) is 0 Å². The Morgan fingerprint density at radius 1 is 1.15 bits per heavy atom. The quantitative estimate of drug-likeness (QED) is 0.576. The number of imide groups is 1. The van der Waals surface area contributed by atoms with E-state index in [2.05, 4.69) is 10.6 Å². The maximum Gasteiger partial charge on any atom is 0.250 e. The van der Waals surface area contributed by atoms with Crippen LogP contribution in [0.1, 0.15) is 23.1 Å². The summed E-state index contributed by atoms with van der Waals surface area (Å²) in [6.45, 7) is 2.03. The number of primary amides is 1. The first-order chi connectivity index (χ1) is 15.7. The average molecular weight is 467 g/mol. The summed E-state index contributed by atoms with van der Waals surface area (Å²) in [6.07, 6.45) is 0.322. The van der Waals surface area contributed by atoms with Crippen LogP contribution in [0.25, 0.3) is 0 Å². The minimum Gasteiger partial charge on any atom is -0.370 e. The first kappa shape index (κ1) is 21.6. The number of carbonyl (C=O) groups excluding carboxylic acids is 4. The van der Waals surface area contributed by atoms with E-state index in [4.69, 9.17) is 17.3 Å². The number of hydrogen-bond acceptors (Lipinski definition) is 5. The lowest BCUT2D eigenvalue weighted by Gasteiger charge is -2.29. The Bertz CT molecular complexity index is 1200. The fourth-order valence-corrected chi connectivity index (χ4v) is 5.87. The van der Waals surface area contributed by atoms with Gasteiger partial charge in [-0.1, -0.05) is 48.0 Å². The van der Waals surface area contributed by atoms with Crippen molar-refractivity contribution in [3.63, 3.8) is 0 Å². The molecule has 0 bridgehead atoms. The van der Waals surface area contributed by atoms with Crippen LogP contribution in [0.2, 0.25) is 5.02 Å². The number of benzene rings is 2. The summed E-state index contributed by atoms with van der Waals surface area (Å²) in [4.78, 5) is 53.6. The van der Waals surface area contributed by atoms with Crippen LogP contribution in [0.3, 0.4) is 0 Å². The molecule has 2 aromatic rings. The normalized spacial score (nSPS) is 27.8. The fraction of sp³-hybridized carbons (Fsp3) is 0.333. The van der Waals surface area contributed by atoms with Gasteiger partial charge >= 0.3 is 0 Å². The van der Waals surface area contributed by atoms with Gasteiger partial charge in [0.25, 0.3) is 0 Å². The zero-order chi connectivity index (χ0) is 23.5. The lowest BCUT2D eigenvalue weighted by Crippen LogP contribution is -2.53. The van der Waals surface area contributed by atoms with Gasteiger partial charge in [-0.2, -0.15) is 0 Å². The SMILES string of the molecule is Cc1cc(Cl)c2c(c1)[C@]1(N[C@H](CC(N)=O)[C@H]3C(=O)N(CCc4ccccc4)C(=O)[C@@H]31)C(=O)N2. The van der Waals surface area contributed by atoms with Gasteiger partial charge in [0, 0.05) is 24.6 Å². The van der Waals surface area contributed by atoms with Crippen molar-refractivity contribution < 1.29 is 19.2 Å². The molecule has 3 aliphatic rings. The Kier molecular flexibility index (Phi) is 5.02. The predicted molar refractivity (Wildman–Crippen MR) is 121 cm³/mol. The fourth-order valence-electron chi connectivity index (χ4n) is 5.55. The number of aryl methyl sites for hydroxylation is 1. The molecular formula is C24H23ClN4O4. The topological polar surface area (TPSA) is 122 Å². The Morgan fingerprint density at radius 3 is 2.58 bits per heavy atom.